The van der Waals surface area contributed by atoms with E-state index in [1.807, 2.05) is 18.2 Å². The number of aliphatic imine (C=N–C) groups is 1. The summed E-state index contributed by atoms with van der Waals surface area (Å²) in [5.74, 6) is 2.68. The number of rotatable bonds is 8. The number of likely N-dealkylation sites (tertiary alicyclic amines) is 2. The van der Waals surface area contributed by atoms with Crippen molar-refractivity contribution in [3.05, 3.63) is 42.5 Å². The summed E-state index contributed by atoms with van der Waals surface area (Å²) in [5, 5.41) is 3.48. The van der Waals surface area contributed by atoms with Gasteiger partial charge in [-0.25, -0.2) is 4.99 Å². The molecule has 1 aromatic carbocycles. The first-order valence-electron chi connectivity index (χ1n) is 10.4. The van der Waals surface area contributed by atoms with Crippen molar-refractivity contribution in [1.82, 2.24) is 15.1 Å². The van der Waals surface area contributed by atoms with Gasteiger partial charge in [-0.05, 0) is 51.3 Å². The number of nitrogens with zero attached hydrogens (tertiary/aromatic N) is 3. The molecule has 2 aliphatic rings. The van der Waals surface area contributed by atoms with E-state index in [1.54, 1.807) is 6.08 Å². The Morgan fingerprint density at radius 3 is 2.82 bits per heavy atom. The summed E-state index contributed by atoms with van der Waals surface area (Å²) in [5.41, 5.74) is 1.11. The van der Waals surface area contributed by atoms with Gasteiger partial charge in [-0.3, -0.25) is 0 Å². The second kappa shape index (κ2) is 12.3. The van der Waals surface area contributed by atoms with E-state index in [9.17, 15) is 0 Å². The van der Waals surface area contributed by atoms with Crippen LogP contribution in [-0.2, 0) is 6.54 Å². The third-order valence-electron chi connectivity index (χ3n) is 5.36. The van der Waals surface area contributed by atoms with E-state index < -0.39 is 0 Å². The summed E-state index contributed by atoms with van der Waals surface area (Å²) in [6.07, 6.45) is 5.77. The van der Waals surface area contributed by atoms with Gasteiger partial charge in [0.05, 0.1) is 6.54 Å². The predicted octanol–water partition coefficient (Wildman–Crippen LogP) is 3.75. The van der Waals surface area contributed by atoms with Gasteiger partial charge in [0.2, 0.25) is 0 Å². The van der Waals surface area contributed by atoms with Crippen LogP contribution in [0.1, 0.15) is 31.7 Å². The number of para-hydroxylation sites is 1. The van der Waals surface area contributed by atoms with Crippen molar-refractivity contribution in [3.8, 4) is 5.75 Å². The van der Waals surface area contributed by atoms with Gasteiger partial charge in [-0.15, -0.1) is 24.0 Å². The lowest BCUT2D eigenvalue weighted by atomic mass is 10.1. The topological polar surface area (TPSA) is 40.1 Å². The van der Waals surface area contributed by atoms with E-state index in [0.29, 0.717) is 13.2 Å². The van der Waals surface area contributed by atoms with Gasteiger partial charge in [-0.1, -0.05) is 30.9 Å². The minimum atomic E-state index is 0. The molecule has 0 bridgehead atoms. The summed E-state index contributed by atoms with van der Waals surface area (Å²) in [6.45, 7) is 13.9. The summed E-state index contributed by atoms with van der Waals surface area (Å²) < 4.78 is 5.77. The molecule has 156 valence electrons. The molecule has 0 saturated carbocycles. The summed E-state index contributed by atoms with van der Waals surface area (Å²) >= 11 is 0. The van der Waals surface area contributed by atoms with Gasteiger partial charge in [0.15, 0.2) is 5.96 Å². The first kappa shape index (κ1) is 23.0. The van der Waals surface area contributed by atoms with E-state index >= 15 is 0 Å². The van der Waals surface area contributed by atoms with Crippen LogP contribution in [0.25, 0.3) is 0 Å². The van der Waals surface area contributed by atoms with Crippen LogP contribution in [0.5, 0.6) is 5.75 Å². The van der Waals surface area contributed by atoms with Crippen LogP contribution in [0, 0.1) is 5.92 Å². The van der Waals surface area contributed by atoms with Gasteiger partial charge in [0, 0.05) is 31.7 Å². The number of hydrogen-bond donors (Lipinski definition) is 1. The fraction of sp³-hybridized carbons (Fsp3) is 0.591. The van der Waals surface area contributed by atoms with E-state index in [4.69, 9.17) is 9.73 Å². The minimum Gasteiger partial charge on any atom is -0.489 e. The second-order valence-corrected chi connectivity index (χ2v) is 7.49. The highest BCUT2D eigenvalue weighted by Crippen LogP contribution is 2.22. The van der Waals surface area contributed by atoms with Crippen LogP contribution >= 0.6 is 24.0 Å². The maximum Gasteiger partial charge on any atom is 0.194 e. The molecular weight excluding hydrogens is 463 g/mol. The molecule has 0 spiro atoms. The molecule has 2 saturated heterocycles. The van der Waals surface area contributed by atoms with Crippen LogP contribution < -0.4 is 10.1 Å². The largest absolute Gasteiger partial charge is 0.489 e. The fourth-order valence-corrected chi connectivity index (χ4v) is 4.01. The number of hydrogen-bond acceptors (Lipinski definition) is 3. The Balaban J connectivity index is 0.00000280. The molecule has 0 aliphatic carbocycles. The number of ether oxygens (including phenoxy) is 1. The van der Waals surface area contributed by atoms with Crippen LogP contribution in [0.2, 0.25) is 0 Å². The molecule has 0 aromatic heterocycles. The number of guanidine groups is 1. The predicted molar refractivity (Wildman–Crippen MR) is 128 cm³/mol. The molecule has 2 heterocycles. The Hall–Kier alpha value is -1.28. The maximum atomic E-state index is 5.77. The smallest absolute Gasteiger partial charge is 0.194 e. The number of benzene rings is 1. The van der Waals surface area contributed by atoms with E-state index in [1.165, 1.54) is 38.9 Å². The van der Waals surface area contributed by atoms with Crippen molar-refractivity contribution in [1.29, 1.82) is 0 Å². The molecule has 0 amide bonds. The Labute approximate surface area is 187 Å². The molecule has 1 aromatic rings. The molecular formula is C22H35IN4O. The first-order valence-corrected chi connectivity index (χ1v) is 10.4. The number of nitrogens with one attached hydrogen (secondary N) is 1. The molecule has 1 N–H and O–H groups in total. The van der Waals surface area contributed by atoms with Crippen molar-refractivity contribution < 1.29 is 4.74 Å². The van der Waals surface area contributed by atoms with E-state index in [2.05, 4.69) is 34.7 Å². The molecule has 1 unspecified atom stereocenters. The zero-order valence-corrected chi connectivity index (χ0v) is 19.4. The molecule has 2 aliphatic heterocycles. The molecule has 5 nitrogen and oxygen atoms in total. The van der Waals surface area contributed by atoms with Gasteiger partial charge >= 0.3 is 0 Å². The normalized spacial score (nSPS) is 20.1. The average Bonchev–Trinajstić information content (AvgIpc) is 3.37. The Morgan fingerprint density at radius 1 is 1.29 bits per heavy atom. The molecule has 1 atom stereocenters. The van der Waals surface area contributed by atoms with Crippen LogP contribution in [0.15, 0.2) is 41.9 Å². The highest BCUT2D eigenvalue weighted by atomic mass is 127. The summed E-state index contributed by atoms with van der Waals surface area (Å²) in [6, 6.07) is 8.13. The van der Waals surface area contributed by atoms with E-state index in [-0.39, 0.29) is 24.0 Å². The van der Waals surface area contributed by atoms with Crippen LogP contribution in [0.3, 0.4) is 0 Å². The van der Waals surface area contributed by atoms with Gasteiger partial charge in [0.1, 0.15) is 12.4 Å². The van der Waals surface area contributed by atoms with Crippen molar-refractivity contribution in [2.75, 3.05) is 45.9 Å². The SMILES string of the molecule is C=CCOc1ccccc1CN=C(NCC)N1CCC(CN2CCCC2)C1.I. The lowest BCUT2D eigenvalue weighted by molar-refractivity contribution is 0.281. The third-order valence-corrected chi connectivity index (χ3v) is 5.36. The van der Waals surface area contributed by atoms with Gasteiger partial charge < -0.3 is 19.9 Å². The fourth-order valence-electron chi connectivity index (χ4n) is 4.01. The van der Waals surface area contributed by atoms with Crippen LogP contribution in [0.4, 0.5) is 0 Å². The maximum absolute atomic E-state index is 5.77. The number of halogens is 1. The van der Waals surface area contributed by atoms with E-state index in [0.717, 1.165) is 42.8 Å². The molecule has 0 radical (unpaired) electrons. The molecule has 6 heteroatoms. The molecule has 28 heavy (non-hydrogen) atoms. The van der Waals surface area contributed by atoms with Gasteiger partial charge in [0.25, 0.3) is 0 Å². The Bertz CT molecular complexity index is 631. The lowest BCUT2D eigenvalue weighted by Gasteiger charge is -2.23. The Kier molecular flexibility index (Phi) is 10.1. The second-order valence-electron chi connectivity index (χ2n) is 7.49. The van der Waals surface area contributed by atoms with Crippen molar-refractivity contribution >= 4 is 29.9 Å². The summed E-state index contributed by atoms with van der Waals surface area (Å²) in [7, 11) is 0. The average molecular weight is 498 g/mol. The standard InChI is InChI=1S/C22H34N4O.HI/c1-3-15-27-21-10-6-5-9-20(21)16-24-22(23-4-2)26-14-11-19(18-26)17-25-12-7-8-13-25;/h3,5-6,9-10,19H,1,4,7-8,11-18H2,2H3,(H,23,24);1H. The highest BCUT2D eigenvalue weighted by Gasteiger charge is 2.27. The zero-order chi connectivity index (χ0) is 18.9. The monoisotopic (exact) mass is 498 g/mol. The van der Waals surface area contributed by atoms with Gasteiger partial charge in [-0.2, -0.15) is 0 Å². The van der Waals surface area contributed by atoms with Crippen LogP contribution in [-0.4, -0.2) is 61.6 Å². The molecule has 2 fully saturated rings. The quantitative estimate of drug-likeness (QED) is 0.257. The van der Waals surface area contributed by atoms with Crippen molar-refractivity contribution in [2.45, 2.75) is 32.7 Å². The van der Waals surface area contributed by atoms with Crippen molar-refractivity contribution in [3.63, 3.8) is 0 Å². The molecule has 3 rings (SSSR count). The highest BCUT2D eigenvalue weighted by molar-refractivity contribution is 14.0. The lowest BCUT2D eigenvalue weighted by Crippen LogP contribution is -2.40. The Morgan fingerprint density at radius 2 is 2.07 bits per heavy atom. The summed E-state index contributed by atoms with van der Waals surface area (Å²) in [4.78, 5) is 9.97. The van der Waals surface area contributed by atoms with Crippen molar-refractivity contribution in [2.24, 2.45) is 10.9 Å². The third kappa shape index (κ3) is 6.65. The first-order chi connectivity index (χ1) is 13.3. The zero-order valence-electron chi connectivity index (χ0n) is 17.1. The minimum absolute atomic E-state index is 0.